The van der Waals surface area contributed by atoms with Gasteiger partial charge in [0.15, 0.2) is 0 Å². The summed E-state index contributed by atoms with van der Waals surface area (Å²) in [5, 5.41) is 13.2. The van der Waals surface area contributed by atoms with Gasteiger partial charge in [0.1, 0.15) is 5.78 Å². The molecule has 1 unspecified atom stereocenters. The molecule has 0 aliphatic rings. The SMILES string of the molecule is CCCCCC=CCC=CCCCCCCCC(=O)CCCCCCCCCCCCCCCC(=O)NCC(O)CCCCCCCCCCCCCCCCCC. The molecular weight excluding hydrogens is 711 g/mol. The molecule has 4 heteroatoms. The quantitative estimate of drug-likeness (QED) is 0.0475. The van der Waals surface area contributed by atoms with Crippen molar-refractivity contribution < 1.29 is 14.7 Å². The van der Waals surface area contributed by atoms with Gasteiger partial charge in [0, 0.05) is 25.8 Å². The van der Waals surface area contributed by atoms with Crippen LogP contribution in [0.2, 0.25) is 0 Å². The van der Waals surface area contributed by atoms with Crippen LogP contribution in [0.1, 0.15) is 296 Å². The fourth-order valence-electron chi connectivity index (χ4n) is 8.16. The fourth-order valence-corrected chi connectivity index (χ4v) is 8.16. The Morgan fingerprint density at radius 3 is 1.12 bits per heavy atom. The minimum Gasteiger partial charge on any atom is -0.391 e. The van der Waals surface area contributed by atoms with Crippen LogP contribution in [0.25, 0.3) is 0 Å². The minimum atomic E-state index is -0.401. The van der Waals surface area contributed by atoms with Gasteiger partial charge in [0.05, 0.1) is 6.10 Å². The number of unbranched alkanes of at least 4 members (excludes halogenated alkanes) is 35. The molecule has 0 radical (unpaired) electrons. The lowest BCUT2D eigenvalue weighted by Gasteiger charge is -2.12. The molecule has 0 spiro atoms. The largest absolute Gasteiger partial charge is 0.391 e. The standard InChI is InChI=1S/C54H103NO3/c1-3-5-7-9-11-13-15-17-19-21-24-29-33-37-41-45-49-53(57)51-55-54(58)50-46-42-38-34-30-26-22-25-28-32-36-40-44-48-52(56)47-43-39-35-31-27-23-20-18-16-14-12-10-8-6-4-2/h12,14,18,20,53,57H,3-11,13,15-17,19,21-51H2,1-2H3,(H,55,58). The predicted molar refractivity (Wildman–Crippen MR) is 257 cm³/mol. The summed E-state index contributed by atoms with van der Waals surface area (Å²) in [5.41, 5.74) is 0. The van der Waals surface area contributed by atoms with E-state index in [1.165, 1.54) is 218 Å². The summed E-state index contributed by atoms with van der Waals surface area (Å²) in [4.78, 5) is 24.4. The summed E-state index contributed by atoms with van der Waals surface area (Å²) in [6.45, 7) is 4.95. The molecule has 0 aromatic heterocycles. The maximum Gasteiger partial charge on any atom is 0.220 e. The second-order valence-corrected chi connectivity index (χ2v) is 18.2. The average molecular weight is 814 g/mol. The molecular formula is C54H103NO3. The zero-order valence-corrected chi connectivity index (χ0v) is 39.5. The molecule has 0 aliphatic heterocycles. The number of nitrogens with one attached hydrogen (secondary N) is 1. The van der Waals surface area contributed by atoms with Gasteiger partial charge in [0.25, 0.3) is 0 Å². The van der Waals surface area contributed by atoms with Gasteiger partial charge in [-0.15, -0.1) is 0 Å². The van der Waals surface area contributed by atoms with Gasteiger partial charge in [0.2, 0.25) is 5.91 Å². The van der Waals surface area contributed by atoms with Gasteiger partial charge in [-0.25, -0.2) is 0 Å². The number of carbonyl (C=O) groups is 2. The fraction of sp³-hybridized carbons (Fsp3) is 0.889. The molecule has 1 amide bonds. The minimum absolute atomic E-state index is 0.102. The summed E-state index contributed by atoms with van der Waals surface area (Å²) >= 11 is 0. The Kier molecular flexibility index (Phi) is 48.7. The molecule has 342 valence electrons. The van der Waals surface area contributed by atoms with Crippen LogP contribution in [-0.2, 0) is 9.59 Å². The second kappa shape index (κ2) is 49.9. The Morgan fingerprint density at radius 2 is 0.707 bits per heavy atom. The van der Waals surface area contributed by atoms with Crippen LogP contribution in [0, 0.1) is 0 Å². The van der Waals surface area contributed by atoms with Crippen molar-refractivity contribution >= 4 is 11.7 Å². The molecule has 0 rings (SSSR count). The molecule has 4 nitrogen and oxygen atoms in total. The number of hydrogen-bond acceptors (Lipinski definition) is 3. The van der Waals surface area contributed by atoms with E-state index in [2.05, 4.69) is 43.5 Å². The maximum atomic E-state index is 12.2. The van der Waals surface area contributed by atoms with E-state index in [1.54, 1.807) is 0 Å². The first-order chi connectivity index (χ1) is 28.6. The van der Waals surface area contributed by atoms with Crippen LogP contribution < -0.4 is 5.32 Å². The van der Waals surface area contributed by atoms with Gasteiger partial charge in [-0.05, 0) is 57.8 Å². The van der Waals surface area contributed by atoms with Crippen molar-refractivity contribution in [3.8, 4) is 0 Å². The van der Waals surface area contributed by atoms with Crippen LogP contribution in [0.4, 0.5) is 0 Å². The number of aliphatic hydroxyl groups is 1. The van der Waals surface area contributed by atoms with Crippen LogP contribution in [-0.4, -0.2) is 29.4 Å². The first kappa shape index (κ1) is 56.6. The van der Waals surface area contributed by atoms with Crippen molar-refractivity contribution in [1.29, 1.82) is 0 Å². The molecule has 0 aromatic rings. The second-order valence-electron chi connectivity index (χ2n) is 18.2. The average Bonchev–Trinajstić information content (AvgIpc) is 3.22. The molecule has 0 saturated carbocycles. The van der Waals surface area contributed by atoms with E-state index >= 15 is 0 Å². The lowest BCUT2D eigenvalue weighted by molar-refractivity contribution is -0.121. The highest BCUT2D eigenvalue weighted by Crippen LogP contribution is 2.17. The Hall–Kier alpha value is -1.42. The number of aliphatic hydroxyl groups excluding tert-OH is 1. The first-order valence-corrected chi connectivity index (χ1v) is 26.4. The monoisotopic (exact) mass is 814 g/mol. The predicted octanol–water partition coefficient (Wildman–Crippen LogP) is 17.3. The van der Waals surface area contributed by atoms with Gasteiger partial charge in [-0.1, -0.05) is 244 Å². The molecule has 0 fully saturated rings. The number of carbonyl (C=O) groups excluding carboxylic acids is 2. The summed E-state index contributed by atoms with van der Waals surface area (Å²) in [7, 11) is 0. The maximum absolute atomic E-state index is 12.2. The topological polar surface area (TPSA) is 66.4 Å². The molecule has 0 saturated heterocycles. The van der Waals surface area contributed by atoms with Crippen molar-refractivity contribution in [3.63, 3.8) is 0 Å². The number of amides is 1. The Labute approximate surface area is 363 Å². The van der Waals surface area contributed by atoms with Crippen molar-refractivity contribution in [1.82, 2.24) is 5.32 Å². The Bertz CT molecular complexity index is 882. The summed E-state index contributed by atoms with van der Waals surface area (Å²) < 4.78 is 0. The molecule has 0 heterocycles. The van der Waals surface area contributed by atoms with E-state index in [1.807, 2.05) is 0 Å². The van der Waals surface area contributed by atoms with Crippen LogP contribution in [0.3, 0.4) is 0 Å². The zero-order chi connectivity index (χ0) is 42.1. The number of ketones is 1. The van der Waals surface area contributed by atoms with Gasteiger partial charge >= 0.3 is 0 Å². The third-order valence-corrected chi connectivity index (χ3v) is 12.2. The molecule has 0 aliphatic carbocycles. The highest BCUT2D eigenvalue weighted by Gasteiger charge is 2.07. The van der Waals surface area contributed by atoms with E-state index in [0.717, 1.165) is 57.8 Å². The summed E-state index contributed by atoms with van der Waals surface area (Å²) in [6, 6.07) is 0. The third kappa shape index (κ3) is 48.9. The highest BCUT2D eigenvalue weighted by atomic mass is 16.3. The molecule has 0 bridgehead atoms. The lowest BCUT2D eigenvalue weighted by Crippen LogP contribution is -2.31. The van der Waals surface area contributed by atoms with Crippen molar-refractivity contribution in [2.24, 2.45) is 0 Å². The Morgan fingerprint density at radius 1 is 0.397 bits per heavy atom. The van der Waals surface area contributed by atoms with Crippen molar-refractivity contribution in [2.75, 3.05) is 6.54 Å². The first-order valence-electron chi connectivity index (χ1n) is 26.4. The normalized spacial score (nSPS) is 12.3. The van der Waals surface area contributed by atoms with Gasteiger partial charge < -0.3 is 10.4 Å². The van der Waals surface area contributed by atoms with Gasteiger partial charge in [-0.2, -0.15) is 0 Å². The Balaban J connectivity index is 3.32. The summed E-state index contributed by atoms with van der Waals surface area (Å²) in [5.74, 6) is 0.588. The number of rotatable bonds is 49. The third-order valence-electron chi connectivity index (χ3n) is 12.2. The van der Waals surface area contributed by atoms with E-state index in [4.69, 9.17) is 0 Å². The number of hydrogen-bond donors (Lipinski definition) is 2. The van der Waals surface area contributed by atoms with Crippen molar-refractivity contribution in [2.45, 2.75) is 302 Å². The van der Waals surface area contributed by atoms with E-state index in [-0.39, 0.29) is 5.91 Å². The van der Waals surface area contributed by atoms with E-state index < -0.39 is 6.10 Å². The molecule has 1 atom stereocenters. The molecule has 58 heavy (non-hydrogen) atoms. The number of allylic oxidation sites excluding steroid dienone is 4. The molecule has 2 N–H and O–H groups in total. The smallest absolute Gasteiger partial charge is 0.220 e. The lowest BCUT2D eigenvalue weighted by atomic mass is 10.0. The van der Waals surface area contributed by atoms with Crippen LogP contribution in [0.5, 0.6) is 0 Å². The zero-order valence-electron chi connectivity index (χ0n) is 39.5. The van der Waals surface area contributed by atoms with Crippen LogP contribution in [0.15, 0.2) is 24.3 Å². The van der Waals surface area contributed by atoms with E-state index in [0.29, 0.717) is 18.7 Å². The highest BCUT2D eigenvalue weighted by molar-refractivity contribution is 5.78. The summed E-state index contributed by atoms with van der Waals surface area (Å²) in [6.07, 6.45) is 63.4. The van der Waals surface area contributed by atoms with E-state index in [9.17, 15) is 14.7 Å². The number of Topliss-reactive ketones (excluding diaryl/α,β-unsaturated/α-hetero) is 1. The van der Waals surface area contributed by atoms with Crippen molar-refractivity contribution in [3.05, 3.63) is 24.3 Å². The van der Waals surface area contributed by atoms with Gasteiger partial charge in [-0.3, -0.25) is 9.59 Å². The molecule has 0 aromatic carbocycles. The van der Waals surface area contributed by atoms with Crippen LogP contribution >= 0.6 is 0 Å².